The number of nitrogens with one attached hydrogen (secondary N) is 1. The average Bonchev–Trinajstić information content (AvgIpc) is 2.85. The first-order valence-corrected chi connectivity index (χ1v) is 8.19. The summed E-state index contributed by atoms with van der Waals surface area (Å²) in [6, 6.07) is 7.04. The molecule has 0 spiro atoms. The average molecular weight is 348 g/mol. The molecule has 0 aliphatic carbocycles. The minimum atomic E-state index is -1.07. The largest absolute Gasteiger partial charge is 0.497 e. The second-order valence-electron chi connectivity index (χ2n) is 5.74. The van der Waals surface area contributed by atoms with Crippen LogP contribution in [0.25, 0.3) is 0 Å². The Balaban J connectivity index is 2.38. The van der Waals surface area contributed by atoms with E-state index in [0.717, 1.165) is 5.01 Å². The van der Waals surface area contributed by atoms with Crippen molar-refractivity contribution in [1.82, 2.24) is 10.3 Å². The molecule has 1 aromatic heterocycles. The van der Waals surface area contributed by atoms with Crippen molar-refractivity contribution in [2.75, 3.05) is 7.11 Å². The van der Waals surface area contributed by atoms with Gasteiger partial charge in [0.15, 0.2) is 0 Å². The van der Waals surface area contributed by atoms with Crippen molar-refractivity contribution in [3.63, 3.8) is 0 Å². The molecule has 2 aromatic rings. The summed E-state index contributed by atoms with van der Waals surface area (Å²) in [4.78, 5) is 28.7. The zero-order chi connectivity index (χ0) is 17.9. The molecule has 0 aliphatic heterocycles. The predicted octanol–water partition coefficient (Wildman–Crippen LogP) is 2.89. The maximum absolute atomic E-state index is 12.6. The summed E-state index contributed by atoms with van der Waals surface area (Å²) in [6.45, 7) is 5.28. The molecule has 128 valence electrons. The molecule has 6 nitrogen and oxygen atoms in total. The second-order valence-corrected chi connectivity index (χ2v) is 6.94. The number of hydrogen-bond acceptors (Lipinski definition) is 5. The van der Waals surface area contributed by atoms with Crippen LogP contribution in [0.1, 0.15) is 39.3 Å². The van der Waals surface area contributed by atoms with Crippen LogP contribution in [0.3, 0.4) is 0 Å². The fourth-order valence-electron chi connectivity index (χ4n) is 2.54. The molecule has 0 bridgehead atoms. The summed E-state index contributed by atoms with van der Waals surface area (Å²) in [5, 5.41) is 12.9. The molecule has 0 radical (unpaired) electrons. The van der Waals surface area contributed by atoms with Gasteiger partial charge in [0.2, 0.25) is 0 Å². The first kappa shape index (κ1) is 17.9. The van der Waals surface area contributed by atoms with Crippen LogP contribution < -0.4 is 10.1 Å². The number of rotatable bonds is 6. The van der Waals surface area contributed by atoms with Gasteiger partial charge in [-0.05, 0) is 38.5 Å². The van der Waals surface area contributed by atoms with Crippen molar-refractivity contribution in [3.05, 3.63) is 45.4 Å². The van der Waals surface area contributed by atoms with Gasteiger partial charge >= 0.3 is 5.97 Å². The number of carbonyl (C=O) groups is 2. The smallest absolute Gasteiger partial charge is 0.306 e. The Kier molecular flexibility index (Phi) is 5.23. The van der Waals surface area contributed by atoms with Crippen LogP contribution in [0.2, 0.25) is 0 Å². The van der Waals surface area contributed by atoms with Gasteiger partial charge in [-0.25, -0.2) is 4.98 Å². The van der Waals surface area contributed by atoms with E-state index in [-0.39, 0.29) is 12.3 Å². The highest BCUT2D eigenvalue weighted by Gasteiger charge is 2.33. The topological polar surface area (TPSA) is 88.5 Å². The maximum atomic E-state index is 12.6. The number of hydrogen-bond donors (Lipinski definition) is 2. The van der Waals surface area contributed by atoms with E-state index >= 15 is 0 Å². The minimum absolute atomic E-state index is 0.247. The van der Waals surface area contributed by atoms with Gasteiger partial charge in [-0.15, -0.1) is 11.3 Å². The lowest BCUT2D eigenvalue weighted by molar-refractivity contribution is -0.138. The summed E-state index contributed by atoms with van der Waals surface area (Å²) < 4.78 is 5.20. The standard InChI is InChI=1S/C17H20N2O4S/c1-10-15(24-11(2)18-10)16(22)19-17(3,9-14(20)21)12-6-5-7-13(8-12)23-4/h5-8H,9H2,1-4H3,(H,19,22)(H,20,21). The monoisotopic (exact) mass is 348 g/mol. The highest BCUT2D eigenvalue weighted by Crippen LogP contribution is 2.29. The minimum Gasteiger partial charge on any atom is -0.497 e. The summed E-state index contributed by atoms with van der Waals surface area (Å²) in [5.41, 5.74) is 0.233. The zero-order valence-electron chi connectivity index (χ0n) is 14.0. The SMILES string of the molecule is COc1cccc(C(C)(CC(=O)O)NC(=O)c2sc(C)nc2C)c1. The van der Waals surface area contributed by atoms with E-state index in [1.807, 2.05) is 6.92 Å². The zero-order valence-corrected chi connectivity index (χ0v) is 14.9. The summed E-state index contributed by atoms with van der Waals surface area (Å²) in [5.74, 6) is -0.731. The third kappa shape index (κ3) is 3.91. The molecular formula is C17H20N2O4S. The van der Waals surface area contributed by atoms with E-state index in [0.29, 0.717) is 21.9 Å². The van der Waals surface area contributed by atoms with E-state index in [1.165, 1.54) is 18.4 Å². The van der Waals surface area contributed by atoms with Crippen LogP contribution in [0.5, 0.6) is 5.75 Å². The fourth-order valence-corrected chi connectivity index (χ4v) is 3.35. The lowest BCUT2D eigenvalue weighted by atomic mass is 9.88. The highest BCUT2D eigenvalue weighted by molar-refractivity contribution is 7.13. The Labute approximate surface area is 144 Å². The number of thiazole rings is 1. The van der Waals surface area contributed by atoms with Gasteiger partial charge in [0.05, 0.1) is 29.8 Å². The van der Waals surface area contributed by atoms with Crippen LogP contribution in [0.15, 0.2) is 24.3 Å². The van der Waals surface area contributed by atoms with Crippen molar-refractivity contribution in [2.45, 2.75) is 32.7 Å². The van der Waals surface area contributed by atoms with Crippen LogP contribution >= 0.6 is 11.3 Å². The van der Waals surface area contributed by atoms with E-state index in [2.05, 4.69) is 10.3 Å². The van der Waals surface area contributed by atoms with E-state index in [4.69, 9.17) is 4.74 Å². The Morgan fingerprint density at radius 1 is 1.38 bits per heavy atom. The Morgan fingerprint density at radius 2 is 2.08 bits per heavy atom. The fraction of sp³-hybridized carbons (Fsp3) is 0.353. The molecule has 1 amide bonds. The predicted molar refractivity (Wildman–Crippen MR) is 91.7 cm³/mol. The molecule has 1 unspecified atom stereocenters. The molecule has 2 N–H and O–H groups in total. The molecule has 0 saturated carbocycles. The quantitative estimate of drug-likeness (QED) is 0.838. The number of amides is 1. The number of carbonyl (C=O) groups excluding carboxylic acids is 1. The number of aromatic nitrogens is 1. The van der Waals surface area contributed by atoms with Gasteiger partial charge in [-0.3, -0.25) is 9.59 Å². The summed E-state index contributed by atoms with van der Waals surface area (Å²) in [7, 11) is 1.54. The van der Waals surface area contributed by atoms with Crippen LogP contribution in [-0.4, -0.2) is 29.1 Å². The molecule has 0 fully saturated rings. The van der Waals surface area contributed by atoms with Gasteiger partial charge < -0.3 is 15.2 Å². The van der Waals surface area contributed by atoms with E-state index in [9.17, 15) is 14.7 Å². The van der Waals surface area contributed by atoms with Gasteiger partial charge in [-0.1, -0.05) is 12.1 Å². The van der Waals surface area contributed by atoms with Crippen LogP contribution in [0, 0.1) is 13.8 Å². The van der Waals surface area contributed by atoms with Crippen molar-refractivity contribution >= 4 is 23.2 Å². The van der Waals surface area contributed by atoms with Crippen molar-refractivity contribution in [1.29, 1.82) is 0 Å². The molecular weight excluding hydrogens is 328 g/mol. The van der Waals surface area contributed by atoms with E-state index < -0.39 is 11.5 Å². The second kappa shape index (κ2) is 7.00. The number of aryl methyl sites for hydroxylation is 2. The summed E-state index contributed by atoms with van der Waals surface area (Å²) in [6.07, 6.45) is -0.247. The van der Waals surface area contributed by atoms with Gasteiger partial charge in [0, 0.05) is 0 Å². The van der Waals surface area contributed by atoms with Gasteiger partial charge in [0.1, 0.15) is 10.6 Å². The van der Waals surface area contributed by atoms with Crippen molar-refractivity contribution in [2.24, 2.45) is 0 Å². The number of methoxy groups -OCH3 is 1. The highest BCUT2D eigenvalue weighted by atomic mass is 32.1. The molecule has 0 aliphatic rings. The first-order valence-electron chi connectivity index (χ1n) is 7.38. The third-order valence-corrected chi connectivity index (χ3v) is 4.78. The lowest BCUT2D eigenvalue weighted by Gasteiger charge is -2.30. The first-order chi connectivity index (χ1) is 11.2. The number of ether oxygens (including phenoxy) is 1. The number of carboxylic acid groups (broad SMARTS) is 1. The van der Waals surface area contributed by atoms with Gasteiger partial charge in [0.25, 0.3) is 5.91 Å². The van der Waals surface area contributed by atoms with Crippen LogP contribution in [0.4, 0.5) is 0 Å². The molecule has 2 rings (SSSR count). The number of nitrogens with zero attached hydrogens (tertiary/aromatic N) is 1. The molecule has 0 saturated heterocycles. The molecule has 1 aromatic carbocycles. The molecule has 1 atom stereocenters. The molecule has 1 heterocycles. The Morgan fingerprint density at radius 3 is 2.62 bits per heavy atom. The number of benzene rings is 1. The number of aliphatic carboxylic acids is 1. The molecule has 24 heavy (non-hydrogen) atoms. The van der Waals surface area contributed by atoms with Gasteiger partial charge in [-0.2, -0.15) is 0 Å². The Hall–Kier alpha value is -2.41. The van der Waals surface area contributed by atoms with Crippen molar-refractivity contribution < 1.29 is 19.4 Å². The number of carboxylic acids is 1. The molecule has 7 heteroatoms. The van der Waals surface area contributed by atoms with Crippen LogP contribution in [-0.2, 0) is 10.3 Å². The maximum Gasteiger partial charge on any atom is 0.306 e. The summed E-state index contributed by atoms with van der Waals surface area (Å²) >= 11 is 1.29. The Bertz CT molecular complexity index is 772. The lowest BCUT2D eigenvalue weighted by Crippen LogP contribution is -2.45. The van der Waals surface area contributed by atoms with Crippen molar-refractivity contribution in [3.8, 4) is 5.75 Å². The normalized spacial score (nSPS) is 13.2. The van der Waals surface area contributed by atoms with E-state index in [1.54, 1.807) is 38.1 Å². The third-order valence-electron chi connectivity index (χ3n) is 3.71.